The van der Waals surface area contributed by atoms with Gasteiger partial charge < -0.3 is 10.2 Å². The zero-order valence-electron chi connectivity index (χ0n) is 12.7. The van der Waals surface area contributed by atoms with E-state index in [4.69, 9.17) is 0 Å². The molecule has 2 nitrogen and oxygen atoms in total. The summed E-state index contributed by atoms with van der Waals surface area (Å²) in [7, 11) is 0. The topological polar surface area (TPSA) is 15.3 Å². The Morgan fingerprint density at radius 1 is 1.38 bits per heavy atom. The van der Waals surface area contributed by atoms with Crippen LogP contribution in [0.2, 0.25) is 0 Å². The lowest BCUT2D eigenvalue weighted by Crippen LogP contribution is -2.48. The van der Waals surface area contributed by atoms with Gasteiger partial charge in [0.25, 0.3) is 5.76 Å². The molecule has 2 unspecified atom stereocenters. The zero-order chi connectivity index (χ0) is 15.2. The van der Waals surface area contributed by atoms with E-state index in [0.717, 1.165) is 38.2 Å². The van der Waals surface area contributed by atoms with Crippen LogP contribution in [0, 0.1) is 5.92 Å². The third kappa shape index (κ3) is 4.58. The van der Waals surface area contributed by atoms with Crippen LogP contribution in [0.1, 0.15) is 26.7 Å². The van der Waals surface area contributed by atoms with Gasteiger partial charge in [-0.1, -0.05) is 37.7 Å². The Hall–Kier alpha value is -0.810. The highest BCUT2D eigenvalue weighted by molar-refractivity contribution is 7.99. The molecule has 21 heavy (non-hydrogen) atoms. The largest absolute Gasteiger partial charge is 0.370 e. The molecule has 0 spiro atoms. The fourth-order valence-electron chi connectivity index (χ4n) is 2.91. The van der Waals surface area contributed by atoms with Crippen molar-refractivity contribution in [1.82, 2.24) is 5.32 Å². The van der Waals surface area contributed by atoms with Gasteiger partial charge >= 0.3 is 0 Å². The molecular weight excluding hydrogens is 290 g/mol. The number of benzene rings is 1. The second kappa shape index (κ2) is 7.99. The average molecular weight is 314 g/mol. The number of rotatable bonds is 6. The third-order valence-electron chi connectivity index (χ3n) is 3.98. The number of hydrogen-bond acceptors (Lipinski definition) is 3. The number of halogens is 2. The summed E-state index contributed by atoms with van der Waals surface area (Å²) in [6, 6.07) is 8.04. The Labute approximate surface area is 130 Å². The Kier molecular flexibility index (Phi) is 6.30. The minimum Gasteiger partial charge on any atom is -0.370 e. The number of hydrogen-bond donors (Lipinski definition) is 1. The van der Waals surface area contributed by atoms with E-state index in [1.807, 2.05) is 18.2 Å². The molecule has 0 amide bonds. The van der Waals surface area contributed by atoms with Gasteiger partial charge in [-0.2, -0.15) is 8.78 Å². The molecule has 1 aromatic rings. The van der Waals surface area contributed by atoms with E-state index in [1.165, 1.54) is 0 Å². The molecule has 1 fully saturated rings. The molecule has 118 valence electrons. The van der Waals surface area contributed by atoms with E-state index in [9.17, 15) is 8.78 Å². The van der Waals surface area contributed by atoms with Crippen LogP contribution in [0.4, 0.5) is 14.5 Å². The van der Waals surface area contributed by atoms with E-state index in [2.05, 4.69) is 24.1 Å². The lowest BCUT2D eigenvalue weighted by Gasteiger charge is -2.39. The average Bonchev–Trinajstić information content (AvgIpc) is 2.46. The Bertz CT molecular complexity index is 442. The fraction of sp³-hybridized carbons (Fsp3) is 0.625. The number of thioether (sulfide) groups is 1. The van der Waals surface area contributed by atoms with Crippen molar-refractivity contribution in [1.29, 1.82) is 0 Å². The van der Waals surface area contributed by atoms with Gasteiger partial charge in [-0.05, 0) is 37.4 Å². The Balaban J connectivity index is 2.04. The molecule has 1 N–H and O–H groups in total. The van der Waals surface area contributed by atoms with Gasteiger partial charge in [0.05, 0.1) is 5.69 Å². The maximum atomic E-state index is 12.7. The summed E-state index contributed by atoms with van der Waals surface area (Å²) in [5, 5.41) is 3.59. The summed E-state index contributed by atoms with van der Waals surface area (Å²) in [4.78, 5) is 2.93. The third-order valence-corrected chi connectivity index (χ3v) is 4.76. The van der Waals surface area contributed by atoms with Crippen LogP contribution in [0.15, 0.2) is 29.2 Å². The summed E-state index contributed by atoms with van der Waals surface area (Å²) >= 11 is 0.644. The van der Waals surface area contributed by atoms with Crippen molar-refractivity contribution >= 4 is 17.4 Å². The van der Waals surface area contributed by atoms with E-state index >= 15 is 0 Å². The quantitative estimate of drug-likeness (QED) is 0.792. The monoisotopic (exact) mass is 314 g/mol. The molecule has 0 aromatic heterocycles. The van der Waals surface area contributed by atoms with Gasteiger partial charge in [-0.3, -0.25) is 0 Å². The van der Waals surface area contributed by atoms with Gasteiger partial charge in [-0.15, -0.1) is 0 Å². The molecule has 1 aromatic carbocycles. The maximum Gasteiger partial charge on any atom is 0.288 e. The first-order valence-corrected chi connectivity index (χ1v) is 8.52. The lowest BCUT2D eigenvalue weighted by molar-refractivity contribution is 0.252. The zero-order valence-corrected chi connectivity index (χ0v) is 13.5. The van der Waals surface area contributed by atoms with Crippen LogP contribution < -0.4 is 10.2 Å². The lowest BCUT2D eigenvalue weighted by atomic mass is 9.93. The van der Waals surface area contributed by atoms with Gasteiger partial charge in [0.1, 0.15) is 0 Å². The number of piperidine rings is 1. The summed E-state index contributed by atoms with van der Waals surface area (Å²) in [6.07, 6.45) is 2.20. The highest BCUT2D eigenvalue weighted by Gasteiger charge is 2.27. The Morgan fingerprint density at radius 3 is 2.81 bits per heavy atom. The normalized spacial score (nSPS) is 22.8. The van der Waals surface area contributed by atoms with E-state index in [0.29, 0.717) is 28.6 Å². The minimum atomic E-state index is -2.37. The highest BCUT2D eigenvalue weighted by atomic mass is 32.2. The van der Waals surface area contributed by atoms with Crippen LogP contribution in [-0.2, 0) is 0 Å². The van der Waals surface area contributed by atoms with Crippen LogP contribution in [0.5, 0.6) is 0 Å². The first-order valence-electron chi connectivity index (χ1n) is 7.64. The molecular formula is C16H24F2N2S. The first-order chi connectivity index (χ1) is 10.1. The maximum absolute atomic E-state index is 12.7. The van der Waals surface area contributed by atoms with Gasteiger partial charge in [0, 0.05) is 24.0 Å². The highest BCUT2D eigenvalue weighted by Crippen LogP contribution is 2.35. The molecule has 0 radical (unpaired) electrons. The molecule has 0 bridgehead atoms. The molecule has 1 heterocycles. The molecule has 2 rings (SSSR count). The predicted octanol–water partition coefficient (Wildman–Crippen LogP) is 4.22. The standard InChI is InChI=1S/C16H24F2N2S/c1-3-9-19-13-8-10-20(11-12(13)2)14-6-4-5-7-15(14)21-16(17)18/h4-7,12-13,16,19H,3,8-11H2,1-2H3. The van der Waals surface area contributed by atoms with Crippen LogP contribution in [-0.4, -0.2) is 31.4 Å². The summed E-state index contributed by atoms with van der Waals surface area (Å²) in [5.74, 6) is -1.85. The van der Waals surface area contributed by atoms with Crippen molar-refractivity contribution in [2.75, 3.05) is 24.5 Å². The number of para-hydroxylation sites is 1. The molecule has 5 heteroatoms. The molecule has 1 aliphatic heterocycles. The van der Waals surface area contributed by atoms with E-state index in [1.54, 1.807) is 6.07 Å². The smallest absolute Gasteiger partial charge is 0.288 e. The first kappa shape index (κ1) is 16.6. The molecule has 2 atom stereocenters. The van der Waals surface area contributed by atoms with Gasteiger partial charge in [0.15, 0.2) is 0 Å². The summed E-state index contributed by atoms with van der Waals surface area (Å²) in [6.45, 7) is 7.30. The number of nitrogens with zero attached hydrogens (tertiary/aromatic N) is 1. The van der Waals surface area contributed by atoms with Crippen molar-refractivity contribution < 1.29 is 8.78 Å². The number of alkyl halides is 2. The molecule has 0 saturated carbocycles. The van der Waals surface area contributed by atoms with Gasteiger partial charge in [0.2, 0.25) is 0 Å². The van der Waals surface area contributed by atoms with Crippen molar-refractivity contribution in [3.8, 4) is 0 Å². The van der Waals surface area contributed by atoms with E-state index in [-0.39, 0.29) is 0 Å². The second-order valence-corrected chi connectivity index (χ2v) is 6.65. The van der Waals surface area contributed by atoms with Crippen LogP contribution in [0.3, 0.4) is 0 Å². The van der Waals surface area contributed by atoms with Crippen molar-refractivity contribution in [3.63, 3.8) is 0 Å². The number of anilines is 1. The number of nitrogens with one attached hydrogen (secondary N) is 1. The van der Waals surface area contributed by atoms with Crippen molar-refractivity contribution in [2.45, 2.75) is 43.4 Å². The molecule has 1 aliphatic rings. The molecule has 1 saturated heterocycles. The summed E-state index contributed by atoms with van der Waals surface area (Å²) in [5.41, 5.74) is 0.948. The second-order valence-electron chi connectivity index (χ2n) is 5.62. The summed E-state index contributed by atoms with van der Waals surface area (Å²) < 4.78 is 25.4. The van der Waals surface area contributed by atoms with Crippen molar-refractivity contribution in [2.24, 2.45) is 5.92 Å². The van der Waals surface area contributed by atoms with Crippen molar-refractivity contribution in [3.05, 3.63) is 24.3 Å². The van der Waals surface area contributed by atoms with E-state index < -0.39 is 5.76 Å². The predicted molar refractivity (Wildman–Crippen MR) is 86.4 cm³/mol. The molecule has 0 aliphatic carbocycles. The van der Waals surface area contributed by atoms with Crippen LogP contribution >= 0.6 is 11.8 Å². The Morgan fingerprint density at radius 2 is 2.14 bits per heavy atom. The minimum absolute atomic E-state index is 0.523. The van der Waals surface area contributed by atoms with Crippen LogP contribution in [0.25, 0.3) is 0 Å². The fourth-order valence-corrected chi connectivity index (χ4v) is 3.58. The van der Waals surface area contributed by atoms with Gasteiger partial charge in [-0.25, -0.2) is 0 Å². The SMILES string of the molecule is CCCNC1CCN(c2ccccc2SC(F)F)CC1C.